The summed E-state index contributed by atoms with van der Waals surface area (Å²) in [6.07, 6.45) is 4.27. The number of nitrogens with zero attached hydrogens (tertiary/aromatic N) is 4. The Morgan fingerprint density at radius 3 is 1.24 bits per heavy atom. The molecule has 2 heterocycles. The van der Waals surface area contributed by atoms with Crippen molar-refractivity contribution < 1.29 is 28.8 Å². The van der Waals surface area contributed by atoms with Gasteiger partial charge in [0.15, 0.2) is 0 Å². The lowest BCUT2D eigenvalue weighted by Crippen LogP contribution is -2.59. The van der Waals surface area contributed by atoms with Crippen LogP contribution in [0.2, 0.25) is 0 Å². The first-order valence-electron chi connectivity index (χ1n) is 26.6. The highest BCUT2D eigenvalue weighted by molar-refractivity contribution is 5.98. The molecule has 6 rings (SSSR count). The number of carbonyl (C=O) groups excluding carboxylic acids is 6. The van der Waals surface area contributed by atoms with Crippen molar-refractivity contribution in [3.05, 3.63) is 131 Å². The minimum absolute atomic E-state index is 0.147. The predicted molar refractivity (Wildman–Crippen MR) is 293 cm³/mol. The highest BCUT2D eigenvalue weighted by Crippen LogP contribution is 2.30. The Bertz CT molecular complexity index is 2370. The first-order chi connectivity index (χ1) is 35.2. The van der Waals surface area contributed by atoms with E-state index in [0.717, 1.165) is 47.9 Å². The Morgan fingerprint density at radius 1 is 0.541 bits per heavy atom. The monoisotopic (exact) mass is 1010 g/mol. The zero-order chi connectivity index (χ0) is 53.7. The summed E-state index contributed by atoms with van der Waals surface area (Å²) in [5.74, 6) is -1.11. The lowest BCUT2D eigenvalue weighted by atomic mass is 9.85. The highest BCUT2D eigenvalue weighted by atomic mass is 16.2. The fraction of sp³-hybridized carbons (Fsp3) is 0.500. The molecule has 0 bridgehead atoms. The summed E-state index contributed by atoms with van der Waals surface area (Å²) in [5, 5.41) is 12.0. The van der Waals surface area contributed by atoms with Crippen molar-refractivity contribution in [2.45, 2.75) is 130 Å². The number of carbonyl (C=O) groups is 6. The topological polar surface area (TPSA) is 163 Å². The van der Waals surface area contributed by atoms with Crippen molar-refractivity contribution in [3.63, 3.8) is 0 Å². The van der Waals surface area contributed by atoms with E-state index < -0.39 is 35.0 Å². The van der Waals surface area contributed by atoms with Crippen LogP contribution in [0.4, 0.5) is 0 Å². The van der Waals surface area contributed by atoms with E-state index >= 15 is 0 Å². The summed E-state index contributed by atoms with van der Waals surface area (Å²) in [5.41, 5.74) is 3.61. The third-order valence-corrected chi connectivity index (χ3v) is 14.8. The number of nitrogens with one attached hydrogen (secondary N) is 4. The Labute approximate surface area is 440 Å². The predicted octanol–water partition coefficient (Wildman–Crippen LogP) is 6.98. The van der Waals surface area contributed by atoms with Gasteiger partial charge in [0.25, 0.3) is 11.8 Å². The summed E-state index contributed by atoms with van der Waals surface area (Å²) < 4.78 is 0. The van der Waals surface area contributed by atoms with Crippen LogP contribution < -0.4 is 21.3 Å². The van der Waals surface area contributed by atoms with Gasteiger partial charge in [-0.15, -0.1) is 0 Å². The van der Waals surface area contributed by atoms with Gasteiger partial charge in [-0.3, -0.25) is 28.8 Å². The number of hydrogen-bond acceptors (Lipinski definition) is 8. The standard InChI is InChI=1S/C60H82N8O6/c1-41(61-9)53(69)63-51(59(3,4)5)57(73)67-33-19-29-49(67)39-65(35-31-43-21-13-11-14-22-43)55(71)47-27-17-25-45(37-47)46-26-18-28-48(38-46)56(72)66(36-32-44-23-15-12-16-24-44)40-50-30-20-34-68(50)58(74)52(60(6,7)8)64-54(70)42(2)62-10/h11-18,21-28,37-38,41-42,49-52,61-62H,19-20,29-36,39-40H2,1-10H3,(H,63,69)(H,64,70)/t41-,42-,49-,50+,51+,52+/m0/s1. The average molecular weight is 1010 g/mol. The second-order valence-electron chi connectivity index (χ2n) is 22.4. The minimum Gasteiger partial charge on any atom is -0.342 e. The molecule has 74 heavy (non-hydrogen) atoms. The van der Waals surface area contributed by atoms with E-state index in [9.17, 15) is 28.8 Å². The third-order valence-electron chi connectivity index (χ3n) is 14.8. The minimum atomic E-state index is -0.754. The zero-order valence-electron chi connectivity index (χ0n) is 45.6. The molecule has 4 aromatic carbocycles. The van der Waals surface area contributed by atoms with E-state index in [1.807, 2.05) is 146 Å². The van der Waals surface area contributed by atoms with Crippen molar-refractivity contribution >= 4 is 35.4 Å². The molecule has 2 aliphatic rings. The highest BCUT2D eigenvalue weighted by Gasteiger charge is 2.42. The van der Waals surface area contributed by atoms with Gasteiger partial charge in [0.1, 0.15) is 12.1 Å². The quantitative estimate of drug-likeness (QED) is 0.0695. The lowest BCUT2D eigenvalue weighted by Gasteiger charge is -2.37. The van der Waals surface area contributed by atoms with Gasteiger partial charge in [-0.25, -0.2) is 0 Å². The van der Waals surface area contributed by atoms with Gasteiger partial charge in [-0.2, -0.15) is 0 Å². The molecule has 4 aromatic rings. The first-order valence-corrected chi connectivity index (χ1v) is 26.6. The Hall–Kier alpha value is -6.38. The van der Waals surface area contributed by atoms with Gasteiger partial charge in [0, 0.05) is 62.5 Å². The Morgan fingerprint density at radius 2 is 0.905 bits per heavy atom. The maximum Gasteiger partial charge on any atom is 0.253 e. The summed E-state index contributed by atoms with van der Waals surface area (Å²) in [4.78, 5) is 92.3. The van der Waals surface area contributed by atoms with E-state index in [1.165, 1.54) is 0 Å². The second kappa shape index (κ2) is 25.7. The van der Waals surface area contributed by atoms with Gasteiger partial charge in [0.05, 0.1) is 12.1 Å². The van der Waals surface area contributed by atoms with E-state index in [-0.39, 0.29) is 47.5 Å². The second-order valence-corrected chi connectivity index (χ2v) is 22.4. The molecule has 6 atom stereocenters. The number of benzene rings is 4. The molecule has 4 N–H and O–H groups in total. The fourth-order valence-corrected chi connectivity index (χ4v) is 9.96. The number of amides is 6. The number of likely N-dealkylation sites (tertiary alicyclic amines) is 2. The SMILES string of the molecule is CN[C@@H](C)C(=O)N[C@H](C(=O)N1CCC[C@@H]1CN(CCc1ccccc1)C(=O)c1cccc(-c2cccc(C(=O)N(CCc3ccccc3)C[C@@H]3CCCN3C(=O)[C@@H](NC(=O)[C@H](C)NC)C(C)(C)C)c2)c1)C(C)(C)C. The molecule has 2 saturated heterocycles. The van der Waals surface area contributed by atoms with Crippen molar-refractivity contribution in [1.82, 2.24) is 40.9 Å². The van der Waals surface area contributed by atoms with Crippen molar-refractivity contribution in [3.8, 4) is 11.1 Å². The Kier molecular flexibility index (Phi) is 19.8. The van der Waals surface area contributed by atoms with E-state index in [4.69, 9.17) is 0 Å². The molecule has 2 fully saturated rings. The summed E-state index contributed by atoms with van der Waals surface area (Å²) in [6, 6.07) is 32.2. The molecule has 0 aromatic heterocycles. The molecule has 0 spiro atoms. The van der Waals surface area contributed by atoms with Crippen LogP contribution in [0, 0.1) is 10.8 Å². The van der Waals surface area contributed by atoms with E-state index in [0.29, 0.717) is 63.2 Å². The van der Waals surface area contributed by atoms with Crippen molar-refractivity contribution in [1.29, 1.82) is 0 Å². The van der Waals surface area contributed by atoms with Crippen LogP contribution in [0.3, 0.4) is 0 Å². The van der Waals surface area contributed by atoms with Crippen molar-refractivity contribution in [2.24, 2.45) is 10.8 Å². The van der Waals surface area contributed by atoms with Gasteiger partial charge < -0.3 is 40.9 Å². The molecule has 0 aliphatic carbocycles. The molecule has 14 heteroatoms. The Balaban J connectivity index is 1.25. The van der Waals surface area contributed by atoms with Crippen molar-refractivity contribution in [2.75, 3.05) is 53.4 Å². The normalized spacial score (nSPS) is 17.5. The molecular formula is C60H82N8O6. The van der Waals surface area contributed by atoms with Crippen LogP contribution in [-0.4, -0.2) is 145 Å². The summed E-state index contributed by atoms with van der Waals surface area (Å²) >= 11 is 0. The van der Waals surface area contributed by atoms with Crippen LogP contribution in [0.5, 0.6) is 0 Å². The molecule has 0 unspecified atom stereocenters. The van der Waals surface area contributed by atoms with Gasteiger partial charge in [0.2, 0.25) is 23.6 Å². The summed E-state index contributed by atoms with van der Waals surface area (Å²) in [6.45, 7) is 17.8. The summed E-state index contributed by atoms with van der Waals surface area (Å²) in [7, 11) is 3.43. The number of rotatable bonds is 21. The van der Waals surface area contributed by atoms with Crippen LogP contribution in [0.15, 0.2) is 109 Å². The zero-order valence-corrected chi connectivity index (χ0v) is 45.6. The van der Waals surface area contributed by atoms with Gasteiger partial charge in [-0.1, -0.05) is 126 Å². The molecule has 6 amide bonds. The number of hydrogen-bond donors (Lipinski definition) is 4. The fourth-order valence-electron chi connectivity index (χ4n) is 9.96. The van der Waals surface area contributed by atoms with Gasteiger partial charge in [-0.05, 0) is 124 Å². The smallest absolute Gasteiger partial charge is 0.253 e. The molecule has 0 saturated carbocycles. The maximum absolute atomic E-state index is 14.9. The molecule has 2 aliphatic heterocycles. The van der Waals surface area contributed by atoms with Crippen LogP contribution in [0.25, 0.3) is 11.1 Å². The van der Waals surface area contributed by atoms with Crippen LogP contribution >= 0.6 is 0 Å². The first kappa shape index (κ1) is 56.9. The largest absolute Gasteiger partial charge is 0.342 e. The van der Waals surface area contributed by atoms with Crippen LogP contribution in [0.1, 0.15) is 113 Å². The average Bonchev–Trinajstić information content (AvgIpc) is 4.08. The van der Waals surface area contributed by atoms with Crippen LogP contribution in [-0.2, 0) is 32.0 Å². The lowest BCUT2D eigenvalue weighted by molar-refractivity contribution is -0.141. The van der Waals surface area contributed by atoms with E-state index in [2.05, 4.69) is 45.5 Å². The number of likely N-dealkylation sites (N-methyl/N-ethyl adjacent to an activating group) is 2. The molecule has 398 valence electrons. The molecule has 0 radical (unpaired) electrons. The maximum atomic E-state index is 14.9. The third kappa shape index (κ3) is 14.9. The molecular weight excluding hydrogens is 929 g/mol. The molecule has 14 nitrogen and oxygen atoms in total. The van der Waals surface area contributed by atoms with Gasteiger partial charge >= 0.3 is 0 Å². The van der Waals surface area contributed by atoms with E-state index in [1.54, 1.807) is 27.9 Å².